The van der Waals surface area contributed by atoms with E-state index in [-0.39, 0.29) is 5.75 Å². The summed E-state index contributed by atoms with van der Waals surface area (Å²) in [6, 6.07) is 0.474. The number of likely N-dealkylation sites (N-methyl/N-ethyl adjacent to an activating group) is 1. The maximum absolute atomic E-state index is 11.9. The van der Waals surface area contributed by atoms with Gasteiger partial charge < -0.3 is 10.2 Å². The lowest BCUT2D eigenvalue weighted by atomic mass is 10.3. The van der Waals surface area contributed by atoms with Gasteiger partial charge in [-0.3, -0.25) is 0 Å². The molecular formula is C12H28N2O2S. The zero-order valence-electron chi connectivity index (χ0n) is 12.1. The molecule has 0 aliphatic carbocycles. The molecule has 0 saturated heterocycles. The monoisotopic (exact) mass is 264 g/mol. The summed E-state index contributed by atoms with van der Waals surface area (Å²) in [6.07, 6.45) is 0. The van der Waals surface area contributed by atoms with Crippen molar-refractivity contribution >= 4 is 9.84 Å². The first-order chi connectivity index (χ1) is 7.56. The Hall–Kier alpha value is -0.130. The van der Waals surface area contributed by atoms with Gasteiger partial charge in [-0.2, -0.15) is 0 Å². The van der Waals surface area contributed by atoms with Crippen LogP contribution < -0.4 is 5.32 Å². The fraction of sp³-hybridized carbons (Fsp3) is 1.00. The highest BCUT2D eigenvalue weighted by molar-refractivity contribution is 7.92. The van der Waals surface area contributed by atoms with Crippen LogP contribution in [0.25, 0.3) is 0 Å². The van der Waals surface area contributed by atoms with Gasteiger partial charge in [0, 0.05) is 25.7 Å². The predicted molar refractivity (Wildman–Crippen MR) is 74.2 cm³/mol. The zero-order chi connectivity index (χ0) is 13.7. The van der Waals surface area contributed by atoms with Gasteiger partial charge in [0.25, 0.3) is 0 Å². The Morgan fingerprint density at radius 2 is 1.71 bits per heavy atom. The van der Waals surface area contributed by atoms with Crippen LogP contribution in [-0.4, -0.2) is 56.5 Å². The topological polar surface area (TPSA) is 49.4 Å². The molecule has 0 spiro atoms. The lowest BCUT2D eigenvalue weighted by molar-refractivity contribution is 0.343. The molecule has 0 unspecified atom stereocenters. The Labute approximate surface area is 107 Å². The van der Waals surface area contributed by atoms with Crippen LogP contribution in [0.1, 0.15) is 34.6 Å². The van der Waals surface area contributed by atoms with Crippen molar-refractivity contribution in [3.05, 3.63) is 0 Å². The summed E-state index contributed by atoms with van der Waals surface area (Å²) < 4.78 is 23.1. The minimum Gasteiger partial charge on any atom is -0.313 e. The molecule has 5 heteroatoms. The van der Waals surface area contributed by atoms with Crippen molar-refractivity contribution in [3.8, 4) is 0 Å². The van der Waals surface area contributed by atoms with Gasteiger partial charge in [0.2, 0.25) is 0 Å². The summed E-state index contributed by atoms with van der Waals surface area (Å²) in [4.78, 5) is 2.05. The largest absolute Gasteiger partial charge is 0.313 e. The van der Waals surface area contributed by atoms with E-state index < -0.39 is 14.6 Å². The van der Waals surface area contributed by atoms with Crippen LogP contribution in [0.5, 0.6) is 0 Å². The minimum atomic E-state index is -3.00. The molecule has 0 aliphatic heterocycles. The number of nitrogens with one attached hydrogen (secondary N) is 1. The van der Waals surface area contributed by atoms with Crippen molar-refractivity contribution in [1.82, 2.24) is 10.2 Å². The first-order valence-electron chi connectivity index (χ1n) is 6.20. The maximum atomic E-state index is 11.9. The summed E-state index contributed by atoms with van der Waals surface area (Å²) in [5.74, 6) is 0.231. The van der Waals surface area contributed by atoms with Crippen molar-refractivity contribution in [2.45, 2.75) is 45.4 Å². The smallest absolute Gasteiger partial charge is 0.156 e. The Morgan fingerprint density at radius 3 is 2.12 bits per heavy atom. The highest BCUT2D eigenvalue weighted by Gasteiger charge is 2.28. The quantitative estimate of drug-likeness (QED) is 0.749. The number of rotatable bonds is 7. The van der Waals surface area contributed by atoms with E-state index in [0.717, 1.165) is 13.1 Å². The van der Waals surface area contributed by atoms with Gasteiger partial charge in [0.15, 0.2) is 9.84 Å². The molecule has 0 saturated carbocycles. The molecule has 0 fully saturated rings. The van der Waals surface area contributed by atoms with Crippen LogP contribution in [0.3, 0.4) is 0 Å². The third kappa shape index (κ3) is 7.01. The molecule has 17 heavy (non-hydrogen) atoms. The predicted octanol–water partition coefficient (Wildman–Crippen LogP) is 1.13. The summed E-state index contributed by atoms with van der Waals surface area (Å²) in [6.45, 7) is 11.8. The first-order valence-corrected chi connectivity index (χ1v) is 7.85. The third-order valence-electron chi connectivity index (χ3n) is 2.72. The first kappa shape index (κ1) is 16.9. The van der Waals surface area contributed by atoms with Gasteiger partial charge in [-0.05, 0) is 27.8 Å². The lowest BCUT2D eigenvalue weighted by Crippen LogP contribution is -2.38. The van der Waals surface area contributed by atoms with Gasteiger partial charge in [-0.15, -0.1) is 0 Å². The Bertz CT molecular complexity index is 305. The molecule has 0 atom stereocenters. The molecule has 0 aliphatic rings. The molecule has 0 radical (unpaired) electrons. The molecule has 0 amide bonds. The van der Waals surface area contributed by atoms with Crippen LogP contribution >= 0.6 is 0 Å². The van der Waals surface area contributed by atoms with Crippen LogP contribution in [0, 0.1) is 0 Å². The summed E-state index contributed by atoms with van der Waals surface area (Å²) in [5.41, 5.74) is 0. The fourth-order valence-electron chi connectivity index (χ4n) is 1.24. The molecule has 0 heterocycles. The van der Waals surface area contributed by atoms with Crippen LogP contribution in [-0.2, 0) is 9.84 Å². The van der Waals surface area contributed by atoms with E-state index in [1.807, 2.05) is 7.05 Å². The molecule has 0 aromatic carbocycles. The van der Waals surface area contributed by atoms with Crippen LogP contribution in [0.2, 0.25) is 0 Å². The van der Waals surface area contributed by atoms with Gasteiger partial charge in [0.1, 0.15) is 0 Å². The highest BCUT2D eigenvalue weighted by atomic mass is 32.2. The Kier molecular flexibility index (Phi) is 6.66. The Balaban J connectivity index is 3.97. The van der Waals surface area contributed by atoms with Crippen LogP contribution in [0.15, 0.2) is 0 Å². The fourth-order valence-corrected chi connectivity index (χ4v) is 2.40. The van der Waals surface area contributed by atoms with E-state index in [1.54, 1.807) is 20.8 Å². The second-order valence-corrected chi connectivity index (χ2v) is 8.71. The second kappa shape index (κ2) is 6.71. The van der Waals surface area contributed by atoms with Crippen molar-refractivity contribution in [2.24, 2.45) is 0 Å². The van der Waals surface area contributed by atoms with E-state index in [9.17, 15) is 8.42 Å². The molecule has 1 N–H and O–H groups in total. The standard InChI is InChI=1S/C12H28N2O2S/c1-11(2)13-7-8-14(6)9-10-17(15,16)12(3,4)5/h11,13H,7-10H2,1-6H3. The van der Waals surface area contributed by atoms with E-state index in [1.165, 1.54) is 0 Å². The average molecular weight is 264 g/mol. The maximum Gasteiger partial charge on any atom is 0.156 e. The lowest BCUT2D eigenvalue weighted by Gasteiger charge is -2.22. The molecule has 0 aromatic heterocycles. The molecule has 104 valence electrons. The van der Waals surface area contributed by atoms with E-state index in [0.29, 0.717) is 12.6 Å². The van der Waals surface area contributed by atoms with Crippen molar-refractivity contribution in [3.63, 3.8) is 0 Å². The summed E-state index contributed by atoms with van der Waals surface area (Å²) >= 11 is 0. The number of sulfone groups is 1. The van der Waals surface area contributed by atoms with E-state index in [2.05, 4.69) is 24.1 Å². The second-order valence-electron chi connectivity index (χ2n) is 5.84. The van der Waals surface area contributed by atoms with Gasteiger partial charge in [-0.25, -0.2) is 8.42 Å². The molecule has 4 nitrogen and oxygen atoms in total. The van der Waals surface area contributed by atoms with Gasteiger partial charge >= 0.3 is 0 Å². The van der Waals surface area contributed by atoms with E-state index >= 15 is 0 Å². The SMILES string of the molecule is CC(C)NCCN(C)CCS(=O)(=O)C(C)(C)C. The zero-order valence-corrected chi connectivity index (χ0v) is 12.9. The molecule has 0 aromatic rings. The normalized spacial score (nSPS) is 13.6. The summed E-state index contributed by atoms with van der Waals surface area (Å²) in [5, 5.41) is 3.31. The highest BCUT2D eigenvalue weighted by Crippen LogP contribution is 2.15. The number of nitrogens with zero attached hydrogens (tertiary/aromatic N) is 1. The number of hydrogen-bond acceptors (Lipinski definition) is 4. The van der Waals surface area contributed by atoms with E-state index in [4.69, 9.17) is 0 Å². The third-order valence-corrected chi connectivity index (χ3v) is 5.31. The minimum absolute atomic E-state index is 0.231. The Morgan fingerprint density at radius 1 is 1.18 bits per heavy atom. The van der Waals surface area contributed by atoms with Crippen LogP contribution in [0.4, 0.5) is 0 Å². The van der Waals surface area contributed by atoms with Crippen molar-refractivity contribution in [2.75, 3.05) is 32.4 Å². The molecule has 0 rings (SSSR count). The van der Waals surface area contributed by atoms with Crippen molar-refractivity contribution in [1.29, 1.82) is 0 Å². The van der Waals surface area contributed by atoms with Crippen molar-refractivity contribution < 1.29 is 8.42 Å². The summed E-state index contributed by atoms with van der Waals surface area (Å²) in [7, 11) is -1.04. The average Bonchev–Trinajstić information content (AvgIpc) is 2.12. The van der Waals surface area contributed by atoms with Gasteiger partial charge in [-0.1, -0.05) is 13.8 Å². The molecular weight excluding hydrogens is 236 g/mol. The number of hydrogen-bond donors (Lipinski definition) is 1. The van der Waals surface area contributed by atoms with Gasteiger partial charge in [0.05, 0.1) is 10.5 Å². The molecule has 0 bridgehead atoms.